The van der Waals surface area contributed by atoms with Crippen LogP contribution in [0.15, 0.2) is 53.6 Å². The molecule has 0 radical (unpaired) electrons. The molecule has 0 saturated heterocycles. The number of hydrogen-bond donors (Lipinski definition) is 2. The number of alkyl carbamates (subject to hydrolysis) is 1. The maximum atomic E-state index is 13.1. The highest BCUT2D eigenvalue weighted by molar-refractivity contribution is 6.61. The van der Waals surface area contributed by atoms with Gasteiger partial charge in [0.2, 0.25) is 6.08 Å². The molecule has 472 valence electrons. The van der Waals surface area contributed by atoms with Gasteiger partial charge in [-0.2, -0.15) is 0 Å². The Hall–Kier alpha value is -4.36. The van der Waals surface area contributed by atoms with Gasteiger partial charge in [0.25, 0.3) is 0 Å². The SMILES string of the molecule is CC1(C(=O)OCC(O)COC(=O)C2(C)CC3C=CC2C3)CC2C=CC1C2.CCO[Si](CCCN=C=O)(OCC)OCC.CCO[Si](CCCNC(=O)OC(COC(=O)C1(C)CC2C=CC1C2)COC(=O)C1(C)CC2C=CC1C2)(OCC)OCC. The molecule has 8 aliphatic rings. The molecule has 0 aromatic carbocycles. The third kappa shape index (κ3) is 17.2. The number of rotatable bonds is 33. The van der Waals surface area contributed by atoms with Crippen molar-refractivity contribution < 1.29 is 84.1 Å². The van der Waals surface area contributed by atoms with Gasteiger partial charge in [0.1, 0.15) is 32.5 Å². The number of allylic oxidation sites excluding steroid dienone is 8. The van der Waals surface area contributed by atoms with Crippen LogP contribution in [0.2, 0.25) is 12.1 Å². The molecule has 8 bridgehead atoms. The number of aliphatic hydroxyl groups excluding tert-OH is 1. The number of esters is 4. The van der Waals surface area contributed by atoms with Crippen LogP contribution >= 0.6 is 0 Å². The lowest BCUT2D eigenvalue weighted by Crippen LogP contribution is -2.46. The molecular weight excluding hydrogens is 1120 g/mol. The van der Waals surface area contributed by atoms with E-state index in [1.807, 2.05) is 69.2 Å². The van der Waals surface area contributed by atoms with Crippen LogP contribution in [0.4, 0.5) is 4.79 Å². The van der Waals surface area contributed by atoms with E-state index in [9.17, 15) is 33.9 Å². The fraction of sp³-hybridized carbons (Fsp3) is 0.774. The van der Waals surface area contributed by atoms with Gasteiger partial charge in [0.05, 0.1) is 28.2 Å². The van der Waals surface area contributed by atoms with Crippen molar-refractivity contribution in [3.05, 3.63) is 48.6 Å². The summed E-state index contributed by atoms with van der Waals surface area (Å²) in [5, 5.41) is 12.8. The molecule has 0 heterocycles. The highest BCUT2D eigenvalue weighted by Crippen LogP contribution is 2.55. The van der Waals surface area contributed by atoms with Gasteiger partial charge in [-0.05, 0) is 181 Å². The maximum Gasteiger partial charge on any atom is 0.500 e. The lowest BCUT2D eigenvalue weighted by Gasteiger charge is -2.31. The van der Waals surface area contributed by atoms with Crippen molar-refractivity contribution in [2.45, 2.75) is 158 Å². The molecule has 12 atom stereocenters. The summed E-state index contributed by atoms with van der Waals surface area (Å²) in [6.45, 7) is 22.5. The van der Waals surface area contributed by atoms with Crippen LogP contribution in [-0.2, 0) is 74.2 Å². The number of carbonyl (C=O) groups is 5. The number of aliphatic hydroxyl groups is 1. The molecule has 4 fully saturated rings. The van der Waals surface area contributed by atoms with Crippen LogP contribution in [0.5, 0.6) is 0 Å². The summed E-state index contributed by atoms with van der Waals surface area (Å²) in [5.74, 6) is 1.39. The molecule has 8 aliphatic carbocycles. The van der Waals surface area contributed by atoms with Crippen molar-refractivity contribution >= 4 is 53.7 Å². The van der Waals surface area contributed by atoms with E-state index in [2.05, 4.69) is 58.9 Å². The van der Waals surface area contributed by atoms with Gasteiger partial charge in [0.15, 0.2) is 6.10 Å². The molecule has 20 nitrogen and oxygen atoms in total. The minimum atomic E-state index is -2.82. The van der Waals surface area contributed by atoms with E-state index >= 15 is 0 Å². The molecule has 0 aromatic rings. The first-order valence-corrected chi connectivity index (χ1v) is 34.9. The van der Waals surface area contributed by atoms with E-state index in [1.54, 1.807) is 0 Å². The van der Waals surface area contributed by atoms with Gasteiger partial charge in [-0.1, -0.05) is 48.6 Å². The van der Waals surface area contributed by atoms with Crippen LogP contribution in [0.25, 0.3) is 0 Å². The molecule has 84 heavy (non-hydrogen) atoms. The van der Waals surface area contributed by atoms with Crippen molar-refractivity contribution in [2.24, 2.45) is 74.0 Å². The third-order valence-electron chi connectivity index (χ3n) is 18.4. The zero-order valence-electron chi connectivity index (χ0n) is 51.7. The van der Waals surface area contributed by atoms with Gasteiger partial charge in [-0.15, -0.1) is 0 Å². The summed E-state index contributed by atoms with van der Waals surface area (Å²) in [6, 6.07) is 1.24. The molecular formula is C62H98N2O18Si2. The largest absolute Gasteiger partial charge is 0.500 e. The van der Waals surface area contributed by atoms with Crippen molar-refractivity contribution in [2.75, 3.05) is 79.2 Å². The average Bonchev–Trinajstić information content (AvgIpc) is 3.67. The maximum absolute atomic E-state index is 13.1. The number of nitrogens with zero attached hydrogens (tertiary/aromatic N) is 1. The minimum Gasteiger partial charge on any atom is -0.462 e. The molecule has 0 aromatic heterocycles. The van der Waals surface area contributed by atoms with E-state index in [1.165, 1.54) is 6.08 Å². The first kappa shape index (κ1) is 68.8. The summed E-state index contributed by atoms with van der Waals surface area (Å²) in [4.78, 5) is 77.4. The van der Waals surface area contributed by atoms with Crippen LogP contribution < -0.4 is 5.32 Å². The second-order valence-electron chi connectivity index (χ2n) is 24.6. The number of aliphatic imine (C=N–C) groups is 1. The number of isocyanates is 1. The summed E-state index contributed by atoms with van der Waals surface area (Å²) < 4.78 is 62.3. The number of carbonyl (C=O) groups excluding carboxylic acids is 6. The Morgan fingerprint density at radius 1 is 0.512 bits per heavy atom. The zero-order chi connectivity index (χ0) is 61.2. The number of hydrogen-bond acceptors (Lipinski definition) is 19. The van der Waals surface area contributed by atoms with Crippen LogP contribution in [0.3, 0.4) is 0 Å². The van der Waals surface area contributed by atoms with E-state index in [-0.39, 0.29) is 74.0 Å². The minimum absolute atomic E-state index is 0.133. The van der Waals surface area contributed by atoms with E-state index in [0.717, 1.165) is 57.8 Å². The standard InChI is InChI=1S/C31H49NO9Si.C21H28O5.C10H21NO4Si/c1-6-38-42(39-7-2,40-8-3)15-9-14-32-29(35)41-26(20-36-27(33)30(4)18-22-10-12-24(30)16-22)21-37-28(34)31(5)19-23-11-13-25(31)17-23;1-20(9-13-3-5-15(20)7-13)18(23)25-11-17(22)12-26-19(24)21(2)10-14-4-6-16(21)8-14;1-4-13-16(14-5-2,15-6-3)9-7-8-11-10-12/h10-13,22-26H,6-9,14-21H2,1-5H3,(H,32,35);3-6,13-17,22H,7-12H2,1-2H3;4-9H2,1-3H3. The summed E-state index contributed by atoms with van der Waals surface area (Å²) in [6.07, 6.45) is 24.4. The fourth-order valence-corrected chi connectivity index (χ4v) is 19.1. The lowest BCUT2D eigenvalue weighted by molar-refractivity contribution is -0.167. The van der Waals surface area contributed by atoms with Crippen molar-refractivity contribution in [1.82, 2.24) is 5.32 Å². The van der Waals surface area contributed by atoms with Crippen LogP contribution in [0, 0.1) is 69.0 Å². The van der Waals surface area contributed by atoms with E-state index < -0.39 is 57.6 Å². The number of amides is 1. The van der Waals surface area contributed by atoms with Gasteiger partial charge >= 0.3 is 47.6 Å². The molecule has 1 amide bonds. The first-order valence-electron chi connectivity index (χ1n) is 31.0. The van der Waals surface area contributed by atoms with Crippen molar-refractivity contribution in [3.63, 3.8) is 0 Å². The Kier molecular flexibility index (Phi) is 25.8. The predicted molar refractivity (Wildman–Crippen MR) is 315 cm³/mol. The van der Waals surface area contributed by atoms with Crippen molar-refractivity contribution in [3.8, 4) is 0 Å². The van der Waals surface area contributed by atoms with Crippen molar-refractivity contribution in [1.29, 1.82) is 0 Å². The molecule has 12 unspecified atom stereocenters. The monoisotopic (exact) mass is 1210 g/mol. The topological polar surface area (TPSA) is 249 Å². The smallest absolute Gasteiger partial charge is 0.462 e. The molecule has 8 rings (SSSR count). The van der Waals surface area contributed by atoms with Crippen LogP contribution in [0.1, 0.15) is 133 Å². The molecule has 0 aliphatic heterocycles. The second-order valence-corrected chi connectivity index (χ2v) is 30.0. The number of fused-ring (bicyclic) bond motifs is 8. The average molecular weight is 1220 g/mol. The van der Waals surface area contributed by atoms with Gasteiger partial charge in [-0.3, -0.25) is 19.2 Å². The van der Waals surface area contributed by atoms with Gasteiger partial charge in [-0.25, -0.2) is 14.6 Å². The zero-order valence-corrected chi connectivity index (χ0v) is 53.7. The molecule has 0 spiro atoms. The quantitative estimate of drug-likeness (QED) is 0.0118. The molecule has 2 N–H and O–H groups in total. The summed E-state index contributed by atoms with van der Waals surface area (Å²) >= 11 is 0. The Balaban J connectivity index is 0.000000228. The molecule has 4 saturated carbocycles. The van der Waals surface area contributed by atoms with E-state index in [0.29, 0.717) is 94.9 Å². The Labute approximate surface area is 500 Å². The molecule has 22 heteroatoms. The highest BCUT2D eigenvalue weighted by atomic mass is 28.4. The van der Waals surface area contributed by atoms with E-state index in [4.69, 9.17) is 50.2 Å². The predicted octanol–water partition coefficient (Wildman–Crippen LogP) is 9.21. The highest BCUT2D eigenvalue weighted by Gasteiger charge is 2.55. The number of ether oxygens (including phenoxy) is 5. The summed E-state index contributed by atoms with van der Waals surface area (Å²) in [5.41, 5.74) is -2.16. The van der Waals surface area contributed by atoms with Gasteiger partial charge in [0, 0.05) is 58.3 Å². The lowest BCUT2D eigenvalue weighted by atomic mass is 9.78. The fourth-order valence-electron chi connectivity index (χ4n) is 13.9. The Morgan fingerprint density at radius 3 is 1.10 bits per heavy atom. The normalized spacial score (nSPS) is 31.1. The second kappa shape index (κ2) is 31.5. The van der Waals surface area contributed by atoms with Gasteiger partial charge < -0.3 is 60.7 Å². The first-order chi connectivity index (χ1) is 40.1. The number of nitrogens with one attached hydrogen (secondary N) is 1. The summed E-state index contributed by atoms with van der Waals surface area (Å²) in [7, 11) is -5.35. The van der Waals surface area contributed by atoms with Crippen LogP contribution in [-0.4, -0.2) is 150 Å². The third-order valence-corrected chi connectivity index (χ3v) is 24.7. The Morgan fingerprint density at radius 2 is 0.821 bits per heavy atom. The Bertz CT molecular complexity index is 2240.